The van der Waals surface area contributed by atoms with E-state index in [0.29, 0.717) is 36.4 Å². The Labute approximate surface area is 183 Å². The summed E-state index contributed by atoms with van der Waals surface area (Å²) in [4.78, 5) is 22.7. The number of nitrogens with one attached hydrogen (secondary N) is 2. The van der Waals surface area contributed by atoms with E-state index < -0.39 is 0 Å². The number of pyridine rings is 1. The fourth-order valence-electron chi connectivity index (χ4n) is 2.76. The number of aromatic nitrogens is 5. The van der Waals surface area contributed by atoms with Gasteiger partial charge in [0.1, 0.15) is 18.7 Å². The molecular weight excluding hydrogens is 424 g/mol. The minimum Gasteiger partial charge on any atom is -0.491 e. The average molecular weight is 445 g/mol. The summed E-state index contributed by atoms with van der Waals surface area (Å²) in [5.41, 5.74) is 2.17. The maximum absolute atomic E-state index is 11.8. The zero-order chi connectivity index (χ0) is 20.9. The molecule has 3 aromatic heterocycles. The van der Waals surface area contributed by atoms with E-state index in [1.165, 1.54) is 6.33 Å². The molecule has 1 aromatic carbocycles. The smallest absolute Gasteiger partial charge is 0.349 e. The van der Waals surface area contributed by atoms with Crippen molar-refractivity contribution in [2.24, 2.45) is 0 Å². The molecule has 0 bridgehead atoms. The monoisotopic (exact) mass is 444 g/mol. The molecule has 4 aromatic rings. The van der Waals surface area contributed by atoms with Gasteiger partial charge in [-0.3, -0.25) is 4.98 Å². The van der Waals surface area contributed by atoms with E-state index in [2.05, 4.69) is 25.4 Å². The summed E-state index contributed by atoms with van der Waals surface area (Å²) in [6.45, 7) is 2.95. The van der Waals surface area contributed by atoms with Crippen molar-refractivity contribution in [2.45, 2.75) is 6.92 Å². The first kappa shape index (κ1) is 22.1. The molecule has 0 atom stereocenters. The molecule has 0 aliphatic rings. The maximum Gasteiger partial charge on any atom is 0.349 e. The first-order valence-corrected chi connectivity index (χ1v) is 9.19. The van der Waals surface area contributed by atoms with E-state index in [4.69, 9.17) is 13.9 Å². The summed E-state index contributed by atoms with van der Waals surface area (Å²) in [5.74, 6) is 1.62. The van der Waals surface area contributed by atoms with E-state index in [1.54, 1.807) is 31.6 Å². The molecule has 11 heteroatoms. The molecular formula is C20H21ClN6O4. The Kier molecular flexibility index (Phi) is 7.06. The second kappa shape index (κ2) is 9.92. The van der Waals surface area contributed by atoms with Gasteiger partial charge in [0.25, 0.3) is 6.01 Å². The summed E-state index contributed by atoms with van der Waals surface area (Å²) in [6.07, 6.45) is 4.48. The lowest BCUT2D eigenvalue weighted by Gasteiger charge is -2.10. The number of nitrogens with zero attached hydrogens (tertiary/aromatic N) is 4. The number of ether oxygens (including phenoxy) is 2. The first-order chi connectivity index (χ1) is 14.6. The van der Waals surface area contributed by atoms with Crippen LogP contribution in [0.15, 0.2) is 58.3 Å². The summed E-state index contributed by atoms with van der Waals surface area (Å²) in [5, 5.41) is 7.10. The summed E-state index contributed by atoms with van der Waals surface area (Å²) in [6, 6.07) is 9.52. The number of aryl methyl sites for hydroxylation is 1. The van der Waals surface area contributed by atoms with Crippen LogP contribution in [-0.4, -0.2) is 45.1 Å². The van der Waals surface area contributed by atoms with E-state index in [1.807, 2.05) is 25.1 Å². The maximum atomic E-state index is 11.8. The van der Waals surface area contributed by atoms with E-state index in [0.717, 1.165) is 21.7 Å². The largest absolute Gasteiger partial charge is 0.491 e. The van der Waals surface area contributed by atoms with Gasteiger partial charge in [0.15, 0.2) is 11.6 Å². The van der Waals surface area contributed by atoms with Gasteiger partial charge >= 0.3 is 5.69 Å². The van der Waals surface area contributed by atoms with Gasteiger partial charge in [-0.25, -0.2) is 14.8 Å². The molecule has 4 rings (SSSR count). The Hall–Kier alpha value is -3.63. The number of hydrogen-bond acceptors (Lipinski definition) is 8. The number of aromatic amines is 1. The van der Waals surface area contributed by atoms with Crippen molar-refractivity contribution in [1.82, 2.24) is 24.7 Å². The number of benzene rings is 1. The topological polar surface area (TPSA) is 120 Å². The highest BCUT2D eigenvalue weighted by molar-refractivity contribution is 5.85. The molecule has 0 amide bonds. The summed E-state index contributed by atoms with van der Waals surface area (Å²) < 4.78 is 17.7. The standard InChI is InChI=1S/C20H20N6O4.ClH/c1-13-3-4-15(29-8-7-28-2)10-16(13)25-19-22-11-17(30-19)14-5-6-21-18(9-14)26-20(27)23-12-24-26;/h3-6,9-12H,7-8H2,1-2H3,(H,22,25)(H,23,24,27);1H. The molecule has 0 saturated carbocycles. The molecule has 0 radical (unpaired) electrons. The van der Waals surface area contributed by atoms with Gasteiger partial charge in [0, 0.05) is 30.6 Å². The predicted molar refractivity (Wildman–Crippen MR) is 117 cm³/mol. The minimum atomic E-state index is -0.373. The van der Waals surface area contributed by atoms with Gasteiger partial charge in [-0.1, -0.05) is 6.07 Å². The van der Waals surface area contributed by atoms with Crippen LogP contribution in [0.5, 0.6) is 5.75 Å². The lowest BCUT2D eigenvalue weighted by Crippen LogP contribution is -2.17. The number of rotatable bonds is 8. The normalized spacial score (nSPS) is 10.5. The molecule has 3 heterocycles. The van der Waals surface area contributed by atoms with Crippen LogP contribution in [0.1, 0.15) is 5.56 Å². The van der Waals surface area contributed by atoms with Gasteiger partial charge in [-0.05, 0) is 30.7 Å². The second-order valence-corrected chi connectivity index (χ2v) is 6.38. The lowest BCUT2D eigenvalue weighted by atomic mass is 10.2. The average Bonchev–Trinajstić information content (AvgIpc) is 3.40. The number of hydrogen-bond donors (Lipinski definition) is 2. The van der Waals surface area contributed by atoms with E-state index in [9.17, 15) is 4.79 Å². The third kappa shape index (κ3) is 5.11. The quantitative estimate of drug-likeness (QED) is 0.398. The van der Waals surface area contributed by atoms with Crippen LogP contribution in [0.2, 0.25) is 0 Å². The fraction of sp³-hybridized carbons (Fsp3) is 0.200. The molecule has 162 valence electrons. The van der Waals surface area contributed by atoms with Gasteiger partial charge in [0.2, 0.25) is 0 Å². The fourth-order valence-corrected chi connectivity index (χ4v) is 2.76. The van der Waals surface area contributed by atoms with Crippen molar-refractivity contribution in [2.75, 3.05) is 25.6 Å². The molecule has 0 spiro atoms. The molecule has 2 N–H and O–H groups in total. The number of H-pyrrole nitrogens is 1. The highest BCUT2D eigenvalue weighted by Crippen LogP contribution is 2.28. The van der Waals surface area contributed by atoms with E-state index in [-0.39, 0.29) is 18.1 Å². The SMILES string of the molecule is COCCOc1ccc(C)c(Nc2ncc(-c3ccnc(-n4nc[nH]c4=O)c3)o2)c1.Cl. The number of halogens is 1. The minimum absolute atomic E-state index is 0. The van der Waals surface area contributed by atoms with Gasteiger partial charge < -0.3 is 19.2 Å². The third-order valence-corrected chi connectivity index (χ3v) is 4.31. The summed E-state index contributed by atoms with van der Waals surface area (Å²) in [7, 11) is 1.63. The Morgan fingerprint density at radius 3 is 2.84 bits per heavy atom. The van der Waals surface area contributed by atoms with Crippen LogP contribution in [0.25, 0.3) is 17.1 Å². The zero-order valence-corrected chi connectivity index (χ0v) is 17.7. The Balaban J connectivity index is 0.00000272. The van der Waals surface area contributed by atoms with Crippen LogP contribution >= 0.6 is 12.4 Å². The molecule has 31 heavy (non-hydrogen) atoms. The van der Waals surface area contributed by atoms with Crippen molar-refractivity contribution in [3.63, 3.8) is 0 Å². The van der Waals surface area contributed by atoms with E-state index >= 15 is 0 Å². The Morgan fingerprint density at radius 2 is 2.06 bits per heavy atom. The van der Waals surface area contributed by atoms with Crippen LogP contribution in [0, 0.1) is 6.92 Å². The zero-order valence-electron chi connectivity index (χ0n) is 16.9. The molecule has 0 aliphatic heterocycles. The highest BCUT2D eigenvalue weighted by atomic mass is 35.5. The summed E-state index contributed by atoms with van der Waals surface area (Å²) >= 11 is 0. The van der Waals surface area contributed by atoms with Gasteiger partial charge in [-0.15, -0.1) is 12.4 Å². The van der Waals surface area contributed by atoms with Crippen LogP contribution < -0.4 is 15.7 Å². The van der Waals surface area contributed by atoms with Crippen LogP contribution in [0.3, 0.4) is 0 Å². The third-order valence-electron chi connectivity index (χ3n) is 4.31. The number of methoxy groups -OCH3 is 1. The van der Waals surface area contributed by atoms with Gasteiger partial charge in [-0.2, -0.15) is 9.78 Å². The van der Waals surface area contributed by atoms with Crippen LogP contribution in [-0.2, 0) is 4.74 Å². The predicted octanol–water partition coefficient (Wildman–Crippen LogP) is 3.11. The van der Waals surface area contributed by atoms with Crippen LogP contribution in [0.4, 0.5) is 11.7 Å². The first-order valence-electron chi connectivity index (χ1n) is 9.19. The molecule has 0 saturated heterocycles. The van der Waals surface area contributed by atoms with Crippen molar-refractivity contribution < 1.29 is 13.9 Å². The van der Waals surface area contributed by atoms with Crippen molar-refractivity contribution in [3.05, 3.63) is 65.1 Å². The number of oxazole rings is 1. The van der Waals surface area contributed by atoms with Gasteiger partial charge in [0.05, 0.1) is 12.8 Å². The molecule has 0 aliphatic carbocycles. The lowest BCUT2D eigenvalue weighted by molar-refractivity contribution is 0.146. The molecule has 0 unspecified atom stereocenters. The number of anilines is 2. The Morgan fingerprint density at radius 1 is 1.19 bits per heavy atom. The van der Waals surface area contributed by atoms with Crippen molar-refractivity contribution in [1.29, 1.82) is 0 Å². The highest BCUT2D eigenvalue weighted by Gasteiger charge is 2.11. The van der Waals surface area contributed by atoms with Crippen molar-refractivity contribution in [3.8, 4) is 22.9 Å². The second-order valence-electron chi connectivity index (χ2n) is 6.38. The Bertz CT molecular complexity index is 1200. The molecule has 10 nitrogen and oxygen atoms in total. The molecule has 0 fully saturated rings. The van der Waals surface area contributed by atoms with Crippen molar-refractivity contribution >= 4 is 24.1 Å².